The molecule has 0 spiro atoms. The monoisotopic (exact) mass is 339 g/mol. The van der Waals surface area contributed by atoms with E-state index in [9.17, 15) is 14.7 Å². The van der Waals surface area contributed by atoms with Crippen LogP contribution in [-0.2, 0) is 0 Å². The van der Waals surface area contributed by atoms with Crippen molar-refractivity contribution < 1.29 is 14.7 Å². The fraction of sp³-hybridized carbons (Fsp3) is 0.625. The lowest BCUT2D eigenvalue weighted by molar-refractivity contribution is 0.0137. The van der Waals surface area contributed by atoms with E-state index in [1.807, 2.05) is 20.8 Å². The van der Waals surface area contributed by atoms with Crippen molar-refractivity contribution in [3.8, 4) is 0 Å². The number of nitrogens with zero attached hydrogens (tertiary/aromatic N) is 2. The largest absolute Gasteiger partial charge is 0.391 e. The molecule has 1 saturated heterocycles. The molecule has 3 N–H and O–H groups in total. The Morgan fingerprint density at radius 3 is 2.39 bits per heavy atom. The zero-order chi connectivity index (χ0) is 17.2. The van der Waals surface area contributed by atoms with E-state index >= 15 is 0 Å². The molecule has 2 rings (SSSR count). The Labute approximate surface area is 140 Å². The third kappa shape index (κ3) is 4.53. The molecule has 1 aliphatic heterocycles. The molecule has 6 nitrogen and oxygen atoms in total. The van der Waals surface area contributed by atoms with E-state index in [4.69, 9.17) is 5.73 Å². The Hall–Kier alpha value is -1.44. The second-order valence-electron chi connectivity index (χ2n) is 7.04. The van der Waals surface area contributed by atoms with Gasteiger partial charge in [0.25, 0.3) is 5.91 Å². The highest BCUT2D eigenvalue weighted by Crippen LogP contribution is 2.21. The number of carbonyl (C=O) groups excluding carboxylic acids is 2. The number of amides is 2. The Morgan fingerprint density at radius 2 is 1.91 bits per heavy atom. The van der Waals surface area contributed by atoms with Crippen LogP contribution in [0, 0.1) is 5.41 Å². The number of thiophene rings is 1. The molecule has 7 heteroatoms. The summed E-state index contributed by atoms with van der Waals surface area (Å²) in [5, 5.41) is 11.8. The van der Waals surface area contributed by atoms with Gasteiger partial charge in [0, 0.05) is 38.1 Å². The quantitative estimate of drug-likeness (QED) is 0.857. The highest BCUT2D eigenvalue weighted by Gasteiger charge is 2.28. The number of aliphatic hydroxyl groups excluding tert-OH is 1. The van der Waals surface area contributed by atoms with E-state index in [2.05, 4.69) is 4.90 Å². The number of hydrogen-bond donors (Lipinski definition) is 2. The smallest absolute Gasteiger partial charge is 0.264 e. The van der Waals surface area contributed by atoms with Gasteiger partial charge in [-0.1, -0.05) is 20.8 Å². The fourth-order valence-corrected chi connectivity index (χ4v) is 3.25. The van der Waals surface area contributed by atoms with Crippen molar-refractivity contribution in [3.05, 3.63) is 21.9 Å². The first-order valence-electron chi connectivity index (χ1n) is 7.76. The number of rotatable bonds is 4. The lowest BCUT2D eigenvalue weighted by atomic mass is 9.89. The van der Waals surface area contributed by atoms with Crippen LogP contribution < -0.4 is 5.73 Å². The lowest BCUT2D eigenvalue weighted by Crippen LogP contribution is -2.51. The van der Waals surface area contributed by atoms with Crippen LogP contribution in [0.2, 0.25) is 0 Å². The van der Waals surface area contributed by atoms with Gasteiger partial charge in [0.05, 0.1) is 16.5 Å². The van der Waals surface area contributed by atoms with Crippen LogP contribution in [0.1, 0.15) is 40.8 Å². The molecule has 1 aromatic heterocycles. The van der Waals surface area contributed by atoms with E-state index in [0.29, 0.717) is 30.1 Å². The summed E-state index contributed by atoms with van der Waals surface area (Å²) < 4.78 is 0. The Balaban J connectivity index is 1.88. The van der Waals surface area contributed by atoms with Gasteiger partial charge in [0.2, 0.25) is 5.91 Å². The highest BCUT2D eigenvalue weighted by atomic mass is 32.1. The van der Waals surface area contributed by atoms with Gasteiger partial charge in [0.15, 0.2) is 0 Å². The Kier molecular flexibility index (Phi) is 5.44. The SMILES string of the molecule is CC(C)(C)C(O)CN1CCN(C(=O)c2cc(C(N)=O)cs2)CC1. The molecule has 0 saturated carbocycles. The third-order valence-electron chi connectivity index (χ3n) is 4.19. The maximum Gasteiger partial charge on any atom is 0.264 e. The summed E-state index contributed by atoms with van der Waals surface area (Å²) >= 11 is 1.25. The summed E-state index contributed by atoms with van der Waals surface area (Å²) in [5.41, 5.74) is 5.45. The van der Waals surface area contributed by atoms with Gasteiger partial charge < -0.3 is 15.7 Å². The van der Waals surface area contributed by atoms with Crippen molar-refractivity contribution >= 4 is 23.2 Å². The summed E-state index contributed by atoms with van der Waals surface area (Å²) in [7, 11) is 0. The zero-order valence-electron chi connectivity index (χ0n) is 13.9. The molecule has 0 radical (unpaired) electrons. The van der Waals surface area contributed by atoms with Gasteiger partial charge in [-0.25, -0.2) is 0 Å². The predicted octanol–water partition coefficient (Wildman–Crippen LogP) is 1.01. The maximum atomic E-state index is 12.4. The summed E-state index contributed by atoms with van der Waals surface area (Å²) in [4.78, 5) is 28.1. The van der Waals surface area contributed by atoms with Crippen LogP contribution in [0.4, 0.5) is 0 Å². The molecule has 1 atom stereocenters. The second kappa shape index (κ2) is 6.98. The molecule has 0 aromatic carbocycles. The summed E-state index contributed by atoms with van der Waals surface area (Å²) in [6.45, 7) is 9.41. The van der Waals surface area contributed by atoms with Crippen molar-refractivity contribution in [1.29, 1.82) is 0 Å². The minimum Gasteiger partial charge on any atom is -0.391 e. The molecular formula is C16H25N3O3S. The molecule has 23 heavy (non-hydrogen) atoms. The van der Waals surface area contributed by atoms with Gasteiger partial charge >= 0.3 is 0 Å². The molecule has 1 unspecified atom stereocenters. The molecule has 0 aliphatic carbocycles. The summed E-state index contributed by atoms with van der Waals surface area (Å²) in [6.07, 6.45) is -0.389. The first kappa shape index (κ1) is 17.9. The fourth-order valence-electron chi connectivity index (χ4n) is 2.39. The third-order valence-corrected chi connectivity index (χ3v) is 5.10. The van der Waals surface area contributed by atoms with Crippen LogP contribution in [0.15, 0.2) is 11.4 Å². The first-order valence-corrected chi connectivity index (χ1v) is 8.64. The number of aliphatic hydroxyl groups is 1. The Morgan fingerprint density at radius 1 is 1.30 bits per heavy atom. The average molecular weight is 339 g/mol. The number of nitrogens with two attached hydrogens (primary N) is 1. The molecule has 1 aliphatic rings. The lowest BCUT2D eigenvalue weighted by Gasteiger charge is -2.37. The van der Waals surface area contributed by atoms with Crippen molar-refractivity contribution in [2.45, 2.75) is 26.9 Å². The molecule has 2 amide bonds. The van der Waals surface area contributed by atoms with Gasteiger partial charge in [0.1, 0.15) is 0 Å². The predicted molar refractivity (Wildman–Crippen MR) is 90.6 cm³/mol. The number of primary amides is 1. The summed E-state index contributed by atoms with van der Waals surface area (Å²) in [5.74, 6) is -0.570. The van der Waals surface area contributed by atoms with Gasteiger partial charge in [-0.3, -0.25) is 14.5 Å². The minimum atomic E-state index is -0.513. The minimum absolute atomic E-state index is 0.0569. The maximum absolute atomic E-state index is 12.4. The van der Waals surface area contributed by atoms with Crippen molar-refractivity contribution in [2.75, 3.05) is 32.7 Å². The van der Waals surface area contributed by atoms with E-state index in [1.54, 1.807) is 16.3 Å². The average Bonchev–Trinajstić information content (AvgIpc) is 2.96. The van der Waals surface area contributed by atoms with Crippen LogP contribution in [0.5, 0.6) is 0 Å². The topological polar surface area (TPSA) is 86.9 Å². The summed E-state index contributed by atoms with van der Waals surface area (Å²) in [6, 6.07) is 1.56. The van der Waals surface area contributed by atoms with Gasteiger partial charge in [-0.2, -0.15) is 0 Å². The second-order valence-corrected chi connectivity index (χ2v) is 7.95. The highest BCUT2D eigenvalue weighted by molar-refractivity contribution is 7.12. The molecule has 1 fully saturated rings. The molecule has 1 aromatic rings. The van der Waals surface area contributed by atoms with Crippen molar-refractivity contribution in [1.82, 2.24) is 9.80 Å². The number of carbonyl (C=O) groups is 2. The molecule has 128 valence electrons. The van der Waals surface area contributed by atoms with Crippen molar-refractivity contribution in [3.63, 3.8) is 0 Å². The van der Waals surface area contributed by atoms with Crippen LogP contribution in [0.3, 0.4) is 0 Å². The van der Waals surface area contributed by atoms with Gasteiger partial charge in [-0.05, 0) is 11.5 Å². The standard InChI is InChI=1S/C16H25N3O3S/c1-16(2,3)13(20)9-18-4-6-19(7-5-18)15(22)12-8-11(10-23-12)14(17)21/h8,10,13,20H,4-7,9H2,1-3H3,(H2,17,21). The Bertz CT molecular complexity index is 571. The number of β-amino-alcohol motifs (C(OH)–C–C–N with tert-alkyl or cyclic N) is 1. The molecular weight excluding hydrogens is 314 g/mol. The first-order chi connectivity index (χ1) is 10.7. The van der Waals surface area contributed by atoms with E-state index < -0.39 is 5.91 Å². The normalized spacial score (nSPS) is 18.0. The van der Waals surface area contributed by atoms with Crippen LogP contribution in [-0.4, -0.2) is 65.5 Å². The molecule has 2 heterocycles. The van der Waals surface area contributed by atoms with Gasteiger partial charge in [-0.15, -0.1) is 11.3 Å². The molecule has 0 bridgehead atoms. The number of piperazine rings is 1. The van der Waals surface area contributed by atoms with E-state index in [0.717, 1.165) is 13.1 Å². The number of hydrogen-bond acceptors (Lipinski definition) is 5. The van der Waals surface area contributed by atoms with Crippen LogP contribution >= 0.6 is 11.3 Å². The van der Waals surface area contributed by atoms with E-state index in [1.165, 1.54) is 11.3 Å². The van der Waals surface area contributed by atoms with E-state index in [-0.39, 0.29) is 17.4 Å². The van der Waals surface area contributed by atoms with Crippen LogP contribution in [0.25, 0.3) is 0 Å². The zero-order valence-corrected chi connectivity index (χ0v) is 14.7. The van der Waals surface area contributed by atoms with Crippen molar-refractivity contribution in [2.24, 2.45) is 11.1 Å².